The lowest BCUT2D eigenvalue weighted by atomic mass is 10.0. The second-order valence-electron chi connectivity index (χ2n) is 6.71. The molecule has 5 heteroatoms. The molecule has 26 heavy (non-hydrogen) atoms. The predicted molar refractivity (Wildman–Crippen MR) is 109 cm³/mol. The molecule has 0 aliphatic carbocycles. The first kappa shape index (κ1) is 19.4. The lowest BCUT2D eigenvalue weighted by Gasteiger charge is -2.24. The Hall–Kier alpha value is -2.95. The lowest BCUT2D eigenvalue weighted by molar-refractivity contribution is -0.132. The van der Waals surface area contributed by atoms with Crippen molar-refractivity contribution in [3.63, 3.8) is 0 Å². The largest absolute Gasteiger partial charge is 0.478 e. The molecule has 2 aromatic carbocycles. The molecule has 0 radical (unpaired) electrons. The maximum absolute atomic E-state index is 11.7. The van der Waals surface area contributed by atoms with Gasteiger partial charge in [-0.2, -0.15) is 0 Å². The van der Waals surface area contributed by atoms with Gasteiger partial charge in [0.15, 0.2) is 0 Å². The standard InChI is InChI=1S/C21H27N3O2/c1-15-19(23(2)3)12-16(13-20(15)24(4)5)11-17(21(25)26)14-22-18-9-7-6-8-10-18/h6-10,12-14,22H,11H2,1-5H3,(H,25,26). The van der Waals surface area contributed by atoms with Crippen LogP contribution in [-0.4, -0.2) is 39.3 Å². The van der Waals surface area contributed by atoms with Crippen molar-refractivity contribution in [2.45, 2.75) is 13.3 Å². The summed E-state index contributed by atoms with van der Waals surface area (Å²) in [6.45, 7) is 2.08. The molecule has 138 valence electrons. The number of carboxylic acids is 1. The van der Waals surface area contributed by atoms with Crippen LogP contribution < -0.4 is 15.1 Å². The van der Waals surface area contributed by atoms with Crippen LogP contribution in [0.25, 0.3) is 0 Å². The lowest BCUT2D eigenvalue weighted by Crippen LogP contribution is -2.16. The van der Waals surface area contributed by atoms with Crippen LogP contribution in [0.4, 0.5) is 17.1 Å². The zero-order valence-corrected chi connectivity index (χ0v) is 16.1. The summed E-state index contributed by atoms with van der Waals surface area (Å²) in [5.41, 5.74) is 5.49. The van der Waals surface area contributed by atoms with Crippen molar-refractivity contribution in [2.24, 2.45) is 0 Å². The smallest absolute Gasteiger partial charge is 0.333 e. The average molecular weight is 353 g/mol. The quantitative estimate of drug-likeness (QED) is 0.743. The second kappa shape index (κ2) is 8.43. The van der Waals surface area contributed by atoms with Gasteiger partial charge < -0.3 is 20.2 Å². The fourth-order valence-electron chi connectivity index (χ4n) is 2.88. The van der Waals surface area contributed by atoms with Gasteiger partial charge in [-0.25, -0.2) is 4.79 Å². The molecule has 0 unspecified atom stereocenters. The Morgan fingerprint density at radius 1 is 1.04 bits per heavy atom. The summed E-state index contributed by atoms with van der Waals surface area (Å²) >= 11 is 0. The first-order chi connectivity index (χ1) is 12.3. The average Bonchev–Trinajstić information content (AvgIpc) is 2.59. The van der Waals surface area contributed by atoms with Crippen molar-refractivity contribution < 1.29 is 9.90 Å². The highest BCUT2D eigenvalue weighted by Crippen LogP contribution is 2.30. The van der Waals surface area contributed by atoms with Gasteiger partial charge in [0.05, 0.1) is 5.57 Å². The van der Waals surface area contributed by atoms with Crippen LogP contribution in [0.2, 0.25) is 0 Å². The number of hydrogen-bond acceptors (Lipinski definition) is 4. The molecule has 2 N–H and O–H groups in total. The van der Waals surface area contributed by atoms with Gasteiger partial charge in [0.2, 0.25) is 0 Å². The fourth-order valence-corrected chi connectivity index (χ4v) is 2.88. The van der Waals surface area contributed by atoms with E-state index in [1.807, 2.05) is 58.5 Å². The minimum atomic E-state index is -0.924. The van der Waals surface area contributed by atoms with Gasteiger partial charge in [0.1, 0.15) is 0 Å². The minimum absolute atomic E-state index is 0.312. The molecule has 0 bridgehead atoms. The molecule has 0 aliphatic heterocycles. The summed E-state index contributed by atoms with van der Waals surface area (Å²) in [7, 11) is 7.99. The van der Waals surface area contributed by atoms with E-state index >= 15 is 0 Å². The number of aliphatic carboxylic acids is 1. The second-order valence-corrected chi connectivity index (χ2v) is 6.71. The molecule has 2 aromatic rings. The van der Waals surface area contributed by atoms with E-state index in [2.05, 4.69) is 34.2 Å². The Labute approximate surface area is 155 Å². The van der Waals surface area contributed by atoms with E-state index in [0.717, 1.165) is 22.6 Å². The Morgan fingerprint density at radius 2 is 1.58 bits per heavy atom. The molecule has 2 rings (SSSR count). The molecule has 0 heterocycles. The van der Waals surface area contributed by atoms with Crippen LogP contribution >= 0.6 is 0 Å². The third-order valence-electron chi connectivity index (χ3n) is 4.23. The number of nitrogens with zero attached hydrogens (tertiary/aromatic N) is 2. The molecular formula is C21H27N3O2. The number of para-hydroxylation sites is 1. The van der Waals surface area contributed by atoms with Crippen molar-refractivity contribution in [1.29, 1.82) is 0 Å². The third kappa shape index (κ3) is 4.79. The van der Waals surface area contributed by atoms with Crippen LogP contribution in [0.15, 0.2) is 54.2 Å². The first-order valence-corrected chi connectivity index (χ1v) is 8.51. The highest BCUT2D eigenvalue weighted by molar-refractivity contribution is 5.87. The van der Waals surface area contributed by atoms with Crippen molar-refractivity contribution in [1.82, 2.24) is 0 Å². The van der Waals surface area contributed by atoms with Gasteiger partial charge in [-0.3, -0.25) is 0 Å². The van der Waals surface area contributed by atoms with E-state index in [4.69, 9.17) is 0 Å². The van der Waals surface area contributed by atoms with Crippen molar-refractivity contribution in [3.8, 4) is 0 Å². The highest BCUT2D eigenvalue weighted by Gasteiger charge is 2.14. The Balaban J connectivity index is 2.35. The molecule has 0 fully saturated rings. The number of benzene rings is 2. The normalized spacial score (nSPS) is 11.2. The van der Waals surface area contributed by atoms with Gasteiger partial charge in [0, 0.05) is 57.9 Å². The number of nitrogens with one attached hydrogen (secondary N) is 1. The Bertz CT molecular complexity index is 767. The number of anilines is 3. The van der Waals surface area contributed by atoms with Crippen LogP contribution in [0, 0.1) is 6.92 Å². The number of hydrogen-bond donors (Lipinski definition) is 2. The zero-order chi connectivity index (χ0) is 19.3. The zero-order valence-electron chi connectivity index (χ0n) is 16.1. The molecule has 0 saturated heterocycles. The van der Waals surface area contributed by atoms with E-state index in [-0.39, 0.29) is 0 Å². The van der Waals surface area contributed by atoms with Crippen molar-refractivity contribution in [2.75, 3.05) is 43.3 Å². The molecule has 0 aliphatic rings. The van der Waals surface area contributed by atoms with E-state index in [1.54, 1.807) is 6.20 Å². The summed E-state index contributed by atoms with van der Waals surface area (Å²) in [5, 5.41) is 12.7. The maximum Gasteiger partial charge on any atom is 0.333 e. The SMILES string of the molecule is Cc1c(N(C)C)cc(CC(=CNc2ccccc2)C(=O)O)cc1N(C)C. The summed E-state index contributed by atoms with van der Waals surface area (Å²) < 4.78 is 0. The van der Waals surface area contributed by atoms with E-state index in [0.29, 0.717) is 12.0 Å². The topological polar surface area (TPSA) is 55.8 Å². The third-order valence-corrected chi connectivity index (χ3v) is 4.23. The van der Waals surface area contributed by atoms with Crippen LogP contribution in [-0.2, 0) is 11.2 Å². The van der Waals surface area contributed by atoms with Crippen molar-refractivity contribution >= 4 is 23.0 Å². The first-order valence-electron chi connectivity index (χ1n) is 8.51. The van der Waals surface area contributed by atoms with Gasteiger partial charge in [-0.15, -0.1) is 0 Å². The van der Waals surface area contributed by atoms with Gasteiger partial charge in [-0.1, -0.05) is 18.2 Å². The summed E-state index contributed by atoms with van der Waals surface area (Å²) in [6.07, 6.45) is 1.92. The van der Waals surface area contributed by atoms with Gasteiger partial charge in [-0.05, 0) is 42.3 Å². The van der Waals surface area contributed by atoms with Gasteiger partial charge >= 0.3 is 5.97 Å². The van der Waals surface area contributed by atoms with Crippen molar-refractivity contribution in [3.05, 3.63) is 65.4 Å². The molecule has 0 spiro atoms. The summed E-state index contributed by atoms with van der Waals surface area (Å²) in [5.74, 6) is -0.924. The van der Waals surface area contributed by atoms with Crippen LogP contribution in [0.5, 0.6) is 0 Å². The van der Waals surface area contributed by atoms with Crippen LogP contribution in [0.1, 0.15) is 11.1 Å². The molecular weight excluding hydrogens is 326 g/mol. The molecule has 0 atom stereocenters. The molecule has 0 aromatic heterocycles. The molecule has 5 nitrogen and oxygen atoms in total. The molecule has 0 amide bonds. The number of carbonyl (C=O) groups is 1. The van der Waals surface area contributed by atoms with Crippen LogP contribution in [0.3, 0.4) is 0 Å². The van der Waals surface area contributed by atoms with Gasteiger partial charge in [0.25, 0.3) is 0 Å². The predicted octanol–water partition coefficient (Wildman–Crippen LogP) is 3.75. The van der Waals surface area contributed by atoms with E-state index < -0.39 is 5.97 Å². The minimum Gasteiger partial charge on any atom is -0.478 e. The Morgan fingerprint density at radius 3 is 2.04 bits per heavy atom. The number of rotatable bonds is 7. The Kier molecular flexibility index (Phi) is 6.28. The highest BCUT2D eigenvalue weighted by atomic mass is 16.4. The maximum atomic E-state index is 11.7. The van der Waals surface area contributed by atoms with E-state index in [1.165, 1.54) is 5.56 Å². The summed E-state index contributed by atoms with van der Waals surface area (Å²) in [4.78, 5) is 15.8. The van der Waals surface area contributed by atoms with E-state index in [9.17, 15) is 9.90 Å². The molecule has 0 saturated carbocycles. The summed E-state index contributed by atoms with van der Waals surface area (Å²) in [6, 6.07) is 13.6. The fraction of sp³-hybridized carbons (Fsp3) is 0.286. The number of carboxylic acid groups (broad SMARTS) is 1. The monoisotopic (exact) mass is 353 g/mol.